The maximum absolute atomic E-state index is 9.51. The van der Waals surface area contributed by atoms with Gasteiger partial charge in [-0.1, -0.05) is 36.4 Å². The molecule has 0 bridgehead atoms. The largest absolute Gasteiger partial charge is 0.508 e. The van der Waals surface area contributed by atoms with Crippen LogP contribution in [0.1, 0.15) is 5.56 Å². The van der Waals surface area contributed by atoms with E-state index in [1.807, 2.05) is 24.3 Å². The van der Waals surface area contributed by atoms with E-state index in [1.165, 1.54) is 16.7 Å². The summed E-state index contributed by atoms with van der Waals surface area (Å²) in [6, 6.07) is 21.4. The number of hydrogen-bond acceptors (Lipinski definition) is 3. The summed E-state index contributed by atoms with van der Waals surface area (Å²) in [5.41, 5.74) is 5.88. The Morgan fingerprint density at radius 1 is 0.870 bits per heavy atom. The zero-order valence-electron chi connectivity index (χ0n) is 12.7. The minimum absolute atomic E-state index is 0.176. The number of oxazole rings is 1. The van der Waals surface area contributed by atoms with Crippen molar-refractivity contribution in [2.45, 2.75) is 6.92 Å². The first kappa shape index (κ1) is 13.6. The van der Waals surface area contributed by atoms with Gasteiger partial charge in [-0.3, -0.25) is 0 Å². The Bertz CT molecular complexity index is 984. The lowest BCUT2D eigenvalue weighted by Crippen LogP contribution is -1.83. The topological polar surface area (TPSA) is 46.3 Å². The first-order valence-corrected chi connectivity index (χ1v) is 7.47. The number of benzene rings is 3. The summed E-state index contributed by atoms with van der Waals surface area (Å²) in [7, 11) is 0. The second kappa shape index (κ2) is 5.29. The van der Waals surface area contributed by atoms with Crippen LogP contribution in [0.2, 0.25) is 0 Å². The smallest absolute Gasteiger partial charge is 0.227 e. The second-order valence-corrected chi connectivity index (χ2v) is 5.56. The number of aromatic hydroxyl groups is 1. The first-order chi connectivity index (χ1) is 11.2. The van der Waals surface area contributed by atoms with Gasteiger partial charge in [-0.15, -0.1) is 0 Å². The van der Waals surface area contributed by atoms with E-state index in [0.717, 1.165) is 11.1 Å². The fourth-order valence-electron chi connectivity index (χ4n) is 2.73. The van der Waals surface area contributed by atoms with Crippen molar-refractivity contribution in [3.63, 3.8) is 0 Å². The number of nitrogens with zero attached hydrogens (tertiary/aromatic N) is 1. The van der Waals surface area contributed by atoms with Crippen molar-refractivity contribution in [1.29, 1.82) is 0 Å². The third kappa shape index (κ3) is 2.46. The third-order valence-electron chi connectivity index (χ3n) is 3.96. The van der Waals surface area contributed by atoms with Gasteiger partial charge in [0.25, 0.3) is 0 Å². The molecule has 4 aromatic rings. The molecule has 0 saturated heterocycles. The van der Waals surface area contributed by atoms with Crippen LogP contribution in [0, 0.1) is 6.92 Å². The van der Waals surface area contributed by atoms with E-state index in [2.05, 4.69) is 36.2 Å². The molecule has 3 nitrogen and oxygen atoms in total. The summed E-state index contributed by atoms with van der Waals surface area (Å²) in [6.45, 7) is 2.11. The van der Waals surface area contributed by atoms with Gasteiger partial charge in [0.05, 0.1) is 0 Å². The van der Waals surface area contributed by atoms with Gasteiger partial charge in [0, 0.05) is 11.6 Å². The molecule has 0 aliphatic carbocycles. The Morgan fingerprint density at radius 3 is 2.39 bits per heavy atom. The predicted octanol–water partition coefficient (Wildman–Crippen LogP) is 5.18. The van der Waals surface area contributed by atoms with Crippen molar-refractivity contribution in [2.75, 3.05) is 0 Å². The maximum Gasteiger partial charge on any atom is 0.227 e. The van der Waals surface area contributed by atoms with Crippen LogP contribution in [0.3, 0.4) is 0 Å². The minimum atomic E-state index is 0.176. The Balaban J connectivity index is 1.73. The quantitative estimate of drug-likeness (QED) is 0.555. The van der Waals surface area contributed by atoms with Crippen molar-refractivity contribution >= 4 is 11.1 Å². The van der Waals surface area contributed by atoms with Gasteiger partial charge in [0.1, 0.15) is 11.3 Å². The van der Waals surface area contributed by atoms with Gasteiger partial charge in [-0.2, -0.15) is 0 Å². The summed E-state index contributed by atoms with van der Waals surface area (Å²) >= 11 is 0. The average molecular weight is 301 g/mol. The van der Waals surface area contributed by atoms with Crippen molar-refractivity contribution in [1.82, 2.24) is 4.98 Å². The van der Waals surface area contributed by atoms with Crippen LogP contribution >= 0.6 is 0 Å². The minimum Gasteiger partial charge on any atom is -0.508 e. The average Bonchev–Trinajstić information content (AvgIpc) is 2.98. The second-order valence-electron chi connectivity index (χ2n) is 5.56. The van der Waals surface area contributed by atoms with Crippen LogP contribution in [0.15, 0.2) is 71.1 Å². The molecule has 1 aromatic heterocycles. The predicted molar refractivity (Wildman–Crippen MR) is 91.3 cm³/mol. The van der Waals surface area contributed by atoms with Crippen LogP contribution in [0.4, 0.5) is 0 Å². The normalized spacial score (nSPS) is 11.0. The van der Waals surface area contributed by atoms with E-state index in [9.17, 15) is 5.11 Å². The standard InChI is InChI=1S/C20H15NO2/c1-13-4-2-3-5-17(13)14-6-8-15(9-7-14)20-21-18-11-10-16(22)12-19(18)23-20/h2-12,22H,1H3. The molecule has 0 atom stereocenters. The van der Waals surface area contributed by atoms with Crippen molar-refractivity contribution in [2.24, 2.45) is 0 Å². The number of hydrogen-bond donors (Lipinski definition) is 1. The molecule has 0 fully saturated rings. The van der Waals surface area contributed by atoms with Gasteiger partial charge in [0.15, 0.2) is 5.58 Å². The molecule has 3 heteroatoms. The van der Waals surface area contributed by atoms with Crippen LogP contribution in [0.5, 0.6) is 5.75 Å². The molecule has 0 saturated carbocycles. The zero-order chi connectivity index (χ0) is 15.8. The van der Waals surface area contributed by atoms with Gasteiger partial charge < -0.3 is 9.52 Å². The molecule has 0 aliphatic heterocycles. The van der Waals surface area contributed by atoms with Crippen LogP contribution < -0.4 is 0 Å². The van der Waals surface area contributed by atoms with Gasteiger partial charge in [-0.05, 0) is 47.9 Å². The highest BCUT2D eigenvalue weighted by atomic mass is 16.3. The molecular formula is C20H15NO2. The molecule has 23 heavy (non-hydrogen) atoms. The molecule has 1 heterocycles. The van der Waals surface area contributed by atoms with Gasteiger partial charge in [0.2, 0.25) is 5.89 Å². The van der Waals surface area contributed by atoms with Crippen LogP contribution in [0.25, 0.3) is 33.7 Å². The monoisotopic (exact) mass is 301 g/mol. The summed E-state index contributed by atoms with van der Waals surface area (Å²) in [5.74, 6) is 0.733. The Labute approximate surface area is 133 Å². The highest BCUT2D eigenvalue weighted by molar-refractivity contribution is 5.78. The van der Waals surface area contributed by atoms with Crippen molar-refractivity contribution in [3.05, 3.63) is 72.3 Å². The number of rotatable bonds is 2. The fourth-order valence-corrected chi connectivity index (χ4v) is 2.73. The number of fused-ring (bicyclic) bond motifs is 1. The summed E-state index contributed by atoms with van der Waals surface area (Å²) in [4.78, 5) is 4.47. The van der Waals surface area contributed by atoms with Gasteiger partial charge in [-0.25, -0.2) is 4.98 Å². The molecule has 3 aromatic carbocycles. The van der Waals surface area contributed by atoms with E-state index >= 15 is 0 Å². The maximum atomic E-state index is 9.51. The Hall–Kier alpha value is -3.07. The molecule has 0 amide bonds. The van der Waals surface area contributed by atoms with Crippen LogP contribution in [-0.4, -0.2) is 10.1 Å². The molecule has 1 N–H and O–H groups in total. The van der Waals surface area contributed by atoms with E-state index in [4.69, 9.17) is 4.42 Å². The van der Waals surface area contributed by atoms with Crippen molar-refractivity contribution < 1.29 is 9.52 Å². The lowest BCUT2D eigenvalue weighted by molar-refractivity contribution is 0.474. The molecule has 0 unspecified atom stereocenters. The number of aromatic nitrogens is 1. The molecule has 112 valence electrons. The lowest BCUT2D eigenvalue weighted by atomic mass is 10.00. The van der Waals surface area contributed by atoms with Gasteiger partial charge >= 0.3 is 0 Å². The van der Waals surface area contributed by atoms with E-state index in [-0.39, 0.29) is 5.75 Å². The van der Waals surface area contributed by atoms with Crippen molar-refractivity contribution in [3.8, 4) is 28.3 Å². The lowest BCUT2D eigenvalue weighted by Gasteiger charge is -2.06. The van der Waals surface area contributed by atoms with E-state index in [0.29, 0.717) is 11.5 Å². The van der Waals surface area contributed by atoms with Crippen LogP contribution in [-0.2, 0) is 0 Å². The molecule has 0 radical (unpaired) electrons. The fraction of sp³-hybridized carbons (Fsp3) is 0.0500. The Kier molecular flexibility index (Phi) is 3.12. The summed E-state index contributed by atoms with van der Waals surface area (Å²) in [5, 5.41) is 9.51. The molecule has 4 rings (SSSR count). The first-order valence-electron chi connectivity index (χ1n) is 7.47. The highest BCUT2D eigenvalue weighted by Gasteiger charge is 2.09. The number of phenolic OH excluding ortho intramolecular Hbond substituents is 1. The Morgan fingerprint density at radius 2 is 1.61 bits per heavy atom. The third-order valence-corrected chi connectivity index (χ3v) is 3.96. The SMILES string of the molecule is Cc1ccccc1-c1ccc(-c2nc3ccc(O)cc3o2)cc1. The van der Waals surface area contributed by atoms with E-state index in [1.54, 1.807) is 18.2 Å². The van der Waals surface area contributed by atoms with E-state index < -0.39 is 0 Å². The number of phenols is 1. The highest BCUT2D eigenvalue weighted by Crippen LogP contribution is 2.29. The summed E-state index contributed by atoms with van der Waals surface area (Å²) in [6.07, 6.45) is 0. The molecule has 0 spiro atoms. The number of aryl methyl sites for hydroxylation is 1. The zero-order valence-corrected chi connectivity index (χ0v) is 12.7. The molecule has 0 aliphatic rings. The summed E-state index contributed by atoms with van der Waals surface area (Å²) < 4.78 is 5.73. The molecular weight excluding hydrogens is 286 g/mol.